The van der Waals surface area contributed by atoms with Crippen molar-refractivity contribution in [3.05, 3.63) is 28.0 Å². The van der Waals surface area contributed by atoms with Gasteiger partial charge < -0.3 is 10.6 Å². The summed E-state index contributed by atoms with van der Waals surface area (Å²) in [5.74, 6) is 2.79. The number of hydrogen-bond donors (Lipinski definition) is 2. The molecule has 0 saturated heterocycles. The van der Waals surface area contributed by atoms with Crippen molar-refractivity contribution in [2.24, 2.45) is 0 Å². The minimum atomic E-state index is 0.301. The average Bonchev–Trinajstić information content (AvgIpc) is 2.81. The van der Waals surface area contributed by atoms with Crippen LogP contribution in [0.15, 0.2) is 11.4 Å². The maximum absolute atomic E-state index is 4.52. The van der Waals surface area contributed by atoms with Crippen LogP contribution in [0.1, 0.15) is 36.3 Å². The zero-order valence-corrected chi connectivity index (χ0v) is 12.5. The van der Waals surface area contributed by atoms with Crippen LogP contribution in [-0.4, -0.2) is 22.0 Å². The molecule has 102 valence electrons. The summed E-state index contributed by atoms with van der Waals surface area (Å²) in [6.07, 6.45) is 0. The number of aromatic nitrogens is 3. The molecule has 2 rings (SSSR count). The predicted molar refractivity (Wildman–Crippen MR) is 79.8 cm³/mol. The van der Waals surface area contributed by atoms with Crippen LogP contribution >= 0.6 is 11.3 Å². The molecule has 0 spiro atoms. The highest BCUT2D eigenvalue weighted by molar-refractivity contribution is 7.09. The van der Waals surface area contributed by atoms with Gasteiger partial charge in [0.2, 0.25) is 0 Å². The Balaban J connectivity index is 2.12. The number of hydrogen-bond acceptors (Lipinski definition) is 6. The quantitative estimate of drug-likeness (QED) is 0.879. The molecule has 2 heterocycles. The van der Waals surface area contributed by atoms with Crippen LogP contribution in [0, 0.1) is 6.92 Å². The summed E-state index contributed by atoms with van der Waals surface area (Å²) in [5, 5.41) is 9.50. The Kier molecular flexibility index (Phi) is 4.31. The Morgan fingerprint density at radius 3 is 2.53 bits per heavy atom. The molecule has 0 aliphatic carbocycles. The van der Waals surface area contributed by atoms with Gasteiger partial charge in [0.1, 0.15) is 17.5 Å². The number of nitrogens with zero attached hydrogens (tertiary/aromatic N) is 3. The molecule has 2 aromatic heterocycles. The molecule has 0 radical (unpaired) electrons. The Hall–Kier alpha value is -1.69. The van der Waals surface area contributed by atoms with Crippen molar-refractivity contribution >= 4 is 23.0 Å². The fourth-order valence-corrected chi connectivity index (χ4v) is 2.23. The normalized spacial score (nSPS) is 10.8. The van der Waals surface area contributed by atoms with Gasteiger partial charge in [0.15, 0.2) is 0 Å². The van der Waals surface area contributed by atoms with Crippen molar-refractivity contribution in [1.82, 2.24) is 15.0 Å². The first-order valence-electron chi connectivity index (χ1n) is 6.30. The minimum Gasteiger partial charge on any atom is -0.373 e. The molecule has 6 heteroatoms. The molecule has 0 aromatic carbocycles. The Morgan fingerprint density at radius 2 is 1.95 bits per heavy atom. The summed E-state index contributed by atoms with van der Waals surface area (Å²) in [4.78, 5) is 13.4. The fraction of sp³-hybridized carbons (Fsp3) is 0.462. The third kappa shape index (κ3) is 3.64. The molecule has 2 N–H and O–H groups in total. The number of anilines is 2. The number of rotatable bonds is 5. The van der Waals surface area contributed by atoms with E-state index in [0.29, 0.717) is 12.5 Å². The third-order valence-corrected chi connectivity index (χ3v) is 3.46. The molecular formula is C13H19N5S. The van der Waals surface area contributed by atoms with E-state index in [1.54, 1.807) is 11.3 Å². The monoisotopic (exact) mass is 277 g/mol. The lowest BCUT2D eigenvalue weighted by atomic mass is 10.2. The number of nitrogens with one attached hydrogen (secondary N) is 2. The average molecular weight is 277 g/mol. The molecule has 0 aliphatic rings. The van der Waals surface area contributed by atoms with Gasteiger partial charge in [-0.1, -0.05) is 13.8 Å². The van der Waals surface area contributed by atoms with Crippen LogP contribution in [0.3, 0.4) is 0 Å². The molecule has 0 fully saturated rings. The Labute approximate surface area is 117 Å². The molecule has 0 aliphatic heterocycles. The molecule has 0 amide bonds. The van der Waals surface area contributed by atoms with Gasteiger partial charge in [0.05, 0.1) is 17.2 Å². The van der Waals surface area contributed by atoms with E-state index >= 15 is 0 Å². The summed E-state index contributed by atoms with van der Waals surface area (Å²) in [5.41, 5.74) is 1.04. The fourth-order valence-electron chi connectivity index (χ4n) is 1.61. The Bertz CT molecular complexity index is 550. The van der Waals surface area contributed by atoms with Gasteiger partial charge in [-0.3, -0.25) is 0 Å². The third-order valence-electron chi connectivity index (χ3n) is 2.63. The highest BCUT2D eigenvalue weighted by Gasteiger charge is 2.07. The number of thiazole rings is 1. The van der Waals surface area contributed by atoms with Gasteiger partial charge in [-0.2, -0.15) is 0 Å². The van der Waals surface area contributed by atoms with Crippen molar-refractivity contribution < 1.29 is 0 Å². The lowest BCUT2D eigenvalue weighted by Crippen LogP contribution is -2.07. The lowest BCUT2D eigenvalue weighted by molar-refractivity contribution is 0.775. The largest absolute Gasteiger partial charge is 0.373 e. The van der Waals surface area contributed by atoms with Crippen LogP contribution in [0.4, 0.5) is 11.6 Å². The highest BCUT2D eigenvalue weighted by Crippen LogP contribution is 2.17. The van der Waals surface area contributed by atoms with Gasteiger partial charge in [-0.15, -0.1) is 11.3 Å². The van der Waals surface area contributed by atoms with Crippen LogP contribution in [-0.2, 0) is 6.54 Å². The zero-order chi connectivity index (χ0) is 13.8. The van der Waals surface area contributed by atoms with E-state index in [-0.39, 0.29) is 0 Å². The molecule has 0 bridgehead atoms. The Morgan fingerprint density at radius 1 is 1.21 bits per heavy atom. The second-order valence-corrected chi connectivity index (χ2v) is 5.67. The van der Waals surface area contributed by atoms with Crippen molar-refractivity contribution in [2.45, 2.75) is 33.2 Å². The summed E-state index contributed by atoms with van der Waals surface area (Å²) < 4.78 is 0. The first-order valence-corrected chi connectivity index (χ1v) is 7.18. The van der Waals surface area contributed by atoms with E-state index in [2.05, 4.69) is 44.8 Å². The van der Waals surface area contributed by atoms with E-state index in [4.69, 9.17) is 0 Å². The maximum atomic E-state index is 4.52. The topological polar surface area (TPSA) is 62.7 Å². The van der Waals surface area contributed by atoms with Gasteiger partial charge in [0, 0.05) is 24.4 Å². The zero-order valence-electron chi connectivity index (χ0n) is 11.7. The summed E-state index contributed by atoms with van der Waals surface area (Å²) in [6.45, 7) is 6.86. The molecule has 0 saturated carbocycles. The maximum Gasteiger partial charge on any atom is 0.135 e. The van der Waals surface area contributed by atoms with Gasteiger partial charge in [-0.05, 0) is 6.92 Å². The predicted octanol–water partition coefficient (Wildman–Crippen LogP) is 3.02. The lowest BCUT2D eigenvalue weighted by Gasteiger charge is -2.10. The van der Waals surface area contributed by atoms with E-state index in [1.807, 2.05) is 20.0 Å². The van der Waals surface area contributed by atoms with E-state index in [0.717, 1.165) is 28.2 Å². The molecule has 5 nitrogen and oxygen atoms in total. The molecule has 19 heavy (non-hydrogen) atoms. The highest BCUT2D eigenvalue weighted by atomic mass is 32.1. The van der Waals surface area contributed by atoms with E-state index in [1.165, 1.54) is 0 Å². The summed E-state index contributed by atoms with van der Waals surface area (Å²) >= 11 is 1.66. The second kappa shape index (κ2) is 5.97. The van der Waals surface area contributed by atoms with E-state index in [9.17, 15) is 0 Å². The van der Waals surface area contributed by atoms with E-state index < -0.39 is 0 Å². The summed E-state index contributed by atoms with van der Waals surface area (Å²) in [7, 11) is 1.86. The molecule has 0 unspecified atom stereocenters. The standard InChI is InChI=1S/C13H19N5S/c1-8(2)13-17-11(14-4)5-12(18-13)15-6-10-7-19-9(3)16-10/h5,7-8H,6H2,1-4H3,(H2,14,15,17,18). The van der Waals surface area contributed by atoms with Crippen molar-refractivity contribution in [2.75, 3.05) is 17.7 Å². The second-order valence-electron chi connectivity index (χ2n) is 4.61. The van der Waals surface area contributed by atoms with Gasteiger partial charge in [-0.25, -0.2) is 15.0 Å². The van der Waals surface area contributed by atoms with Crippen molar-refractivity contribution in [3.63, 3.8) is 0 Å². The summed E-state index contributed by atoms with van der Waals surface area (Å²) in [6, 6.07) is 1.91. The van der Waals surface area contributed by atoms with Crippen LogP contribution in [0.5, 0.6) is 0 Å². The van der Waals surface area contributed by atoms with Crippen molar-refractivity contribution in [3.8, 4) is 0 Å². The van der Waals surface area contributed by atoms with Crippen LogP contribution < -0.4 is 10.6 Å². The SMILES string of the molecule is CNc1cc(NCc2csc(C)n2)nc(C(C)C)n1. The first-order chi connectivity index (χ1) is 9.08. The minimum absolute atomic E-state index is 0.301. The first kappa shape index (κ1) is 13.7. The van der Waals surface area contributed by atoms with Gasteiger partial charge in [0.25, 0.3) is 0 Å². The molecule has 2 aromatic rings. The van der Waals surface area contributed by atoms with Crippen LogP contribution in [0.25, 0.3) is 0 Å². The van der Waals surface area contributed by atoms with Crippen molar-refractivity contribution in [1.29, 1.82) is 0 Å². The smallest absolute Gasteiger partial charge is 0.135 e. The van der Waals surface area contributed by atoms with Gasteiger partial charge >= 0.3 is 0 Å². The molecular weight excluding hydrogens is 258 g/mol. The van der Waals surface area contributed by atoms with Crippen LogP contribution in [0.2, 0.25) is 0 Å². The number of aryl methyl sites for hydroxylation is 1. The molecule has 0 atom stereocenters.